The average molecular weight is 567 g/mol. The highest BCUT2D eigenvalue weighted by atomic mass is 32.1. The van der Waals surface area contributed by atoms with Crippen molar-refractivity contribution in [3.8, 4) is 5.69 Å². The fourth-order valence-electron chi connectivity index (χ4n) is 6.60. The van der Waals surface area contributed by atoms with E-state index in [0.717, 1.165) is 11.4 Å². The number of aromatic nitrogens is 1. The van der Waals surface area contributed by atoms with Crippen LogP contribution < -0.4 is 4.90 Å². The summed E-state index contributed by atoms with van der Waals surface area (Å²) in [5.74, 6) is 0. The maximum Gasteiger partial charge on any atom is 0.0640 e. The van der Waals surface area contributed by atoms with Crippen molar-refractivity contribution in [2.24, 2.45) is 0 Å². The number of hydrogen-bond acceptors (Lipinski definition) is 2. The summed E-state index contributed by atoms with van der Waals surface area (Å²) in [5.41, 5.74) is 7.07. The topological polar surface area (TPSA) is 8.17 Å². The predicted molar refractivity (Wildman–Crippen MR) is 186 cm³/mol. The molecule has 0 amide bonds. The fourth-order valence-corrected chi connectivity index (χ4v) is 7.84. The lowest BCUT2D eigenvalue weighted by atomic mass is 10.1. The molecule has 3 heteroatoms. The van der Waals surface area contributed by atoms with E-state index in [0.29, 0.717) is 0 Å². The second kappa shape index (κ2) is 9.59. The first-order valence-electron chi connectivity index (χ1n) is 14.6. The van der Waals surface area contributed by atoms with E-state index < -0.39 is 0 Å². The summed E-state index contributed by atoms with van der Waals surface area (Å²) in [6.07, 6.45) is 0. The van der Waals surface area contributed by atoms with Crippen LogP contribution >= 0.6 is 11.3 Å². The number of rotatable bonds is 4. The van der Waals surface area contributed by atoms with Gasteiger partial charge >= 0.3 is 0 Å². The fraction of sp³-hybridized carbons (Fsp3) is 0. The third-order valence-corrected chi connectivity index (χ3v) is 9.72. The molecule has 0 atom stereocenters. The van der Waals surface area contributed by atoms with Gasteiger partial charge < -0.3 is 9.47 Å². The van der Waals surface area contributed by atoms with Crippen LogP contribution in [0, 0.1) is 0 Å². The second-order valence-corrected chi connectivity index (χ2v) is 12.1. The number of fused-ring (bicyclic) bond motifs is 7. The minimum Gasteiger partial charge on any atom is -0.309 e. The largest absolute Gasteiger partial charge is 0.309 e. The van der Waals surface area contributed by atoms with Gasteiger partial charge in [0.15, 0.2) is 0 Å². The maximum absolute atomic E-state index is 2.42. The van der Waals surface area contributed by atoms with Crippen LogP contribution in [-0.2, 0) is 0 Å². The van der Waals surface area contributed by atoms with Crippen molar-refractivity contribution in [1.29, 1.82) is 0 Å². The van der Waals surface area contributed by atoms with Gasteiger partial charge in [-0.05, 0) is 77.5 Å². The van der Waals surface area contributed by atoms with Gasteiger partial charge in [-0.1, -0.05) is 91.0 Å². The van der Waals surface area contributed by atoms with Crippen LogP contribution in [0.1, 0.15) is 0 Å². The molecule has 0 aliphatic rings. The van der Waals surface area contributed by atoms with Gasteiger partial charge in [-0.25, -0.2) is 0 Å². The molecule has 0 saturated carbocycles. The molecule has 2 heterocycles. The summed E-state index contributed by atoms with van der Waals surface area (Å²) in [5, 5.41) is 7.67. The Morgan fingerprint density at radius 3 is 1.95 bits per heavy atom. The lowest BCUT2D eigenvalue weighted by Crippen LogP contribution is -2.09. The quantitative estimate of drug-likeness (QED) is 0.206. The number of thiophene rings is 1. The summed E-state index contributed by atoms with van der Waals surface area (Å²) in [4.78, 5) is 2.42. The van der Waals surface area contributed by atoms with Crippen LogP contribution in [0.4, 0.5) is 17.1 Å². The van der Waals surface area contributed by atoms with Crippen LogP contribution in [0.25, 0.3) is 58.4 Å². The normalized spacial score (nSPS) is 11.7. The number of hydrogen-bond donors (Lipinski definition) is 0. The van der Waals surface area contributed by atoms with Crippen molar-refractivity contribution in [3.63, 3.8) is 0 Å². The summed E-state index contributed by atoms with van der Waals surface area (Å²) >= 11 is 1.88. The smallest absolute Gasteiger partial charge is 0.0640 e. The van der Waals surface area contributed by atoms with E-state index >= 15 is 0 Å². The Bertz CT molecular complexity index is 2450. The molecule has 202 valence electrons. The number of nitrogens with zero attached hydrogens (tertiary/aromatic N) is 2. The van der Waals surface area contributed by atoms with E-state index in [2.05, 4.69) is 167 Å². The van der Waals surface area contributed by atoms with Crippen LogP contribution in [0.15, 0.2) is 158 Å². The minimum absolute atomic E-state index is 1.14. The molecule has 7 aromatic carbocycles. The van der Waals surface area contributed by atoms with Crippen molar-refractivity contribution < 1.29 is 0 Å². The van der Waals surface area contributed by atoms with Gasteiger partial charge in [-0.2, -0.15) is 0 Å². The van der Waals surface area contributed by atoms with E-state index in [1.165, 1.54) is 64.1 Å². The zero-order valence-electron chi connectivity index (χ0n) is 23.3. The van der Waals surface area contributed by atoms with Crippen molar-refractivity contribution >= 4 is 81.1 Å². The van der Waals surface area contributed by atoms with E-state index in [1.807, 2.05) is 11.3 Å². The zero-order valence-corrected chi connectivity index (χ0v) is 24.1. The lowest BCUT2D eigenvalue weighted by Gasteiger charge is -2.26. The summed E-state index contributed by atoms with van der Waals surface area (Å²) in [6, 6.07) is 57.1. The van der Waals surface area contributed by atoms with Gasteiger partial charge in [0.1, 0.15) is 0 Å². The Kier molecular flexibility index (Phi) is 5.40. The van der Waals surface area contributed by atoms with Crippen molar-refractivity contribution in [2.75, 3.05) is 4.90 Å². The Hall–Kier alpha value is -5.38. The summed E-state index contributed by atoms with van der Waals surface area (Å²) < 4.78 is 4.98. The monoisotopic (exact) mass is 566 g/mol. The highest BCUT2D eigenvalue weighted by Crippen LogP contribution is 2.46. The standard InChI is InChI=1S/C40H26N2S/c1-3-14-29(15-4-1)41(38-21-11-19-33-35-24-27-12-7-8-13-28(27)25-39(35)43-40(33)38)31-22-23-37-34(26-31)32-18-9-10-20-36(32)42(37)30-16-5-2-6-17-30/h1-26H. The minimum atomic E-state index is 1.14. The van der Waals surface area contributed by atoms with Crippen molar-refractivity contribution in [2.45, 2.75) is 0 Å². The molecule has 0 N–H and O–H groups in total. The molecule has 2 nitrogen and oxygen atoms in total. The average Bonchev–Trinajstić information content (AvgIpc) is 3.60. The lowest BCUT2D eigenvalue weighted by molar-refractivity contribution is 1.18. The van der Waals surface area contributed by atoms with Gasteiger partial charge in [0.25, 0.3) is 0 Å². The first kappa shape index (κ1) is 24.2. The molecule has 0 saturated heterocycles. The molecular weight excluding hydrogens is 541 g/mol. The van der Waals surface area contributed by atoms with Gasteiger partial charge in [-0.3, -0.25) is 0 Å². The van der Waals surface area contributed by atoms with Gasteiger partial charge in [-0.15, -0.1) is 11.3 Å². The molecule has 0 bridgehead atoms. The van der Waals surface area contributed by atoms with E-state index in [-0.39, 0.29) is 0 Å². The number of anilines is 3. The molecule has 0 aliphatic carbocycles. The summed E-state index contributed by atoms with van der Waals surface area (Å²) in [7, 11) is 0. The maximum atomic E-state index is 2.42. The van der Waals surface area contributed by atoms with Crippen molar-refractivity contribution in [1.82, 2.24) is 4.57 Å². The van der Waals surface area contributed by atoms with E-state index in [4.69, 9.17) is 0 Å². The Morgan fingerprint density at radius 2 is 1.12 bits per heavy atom. The Labute approximate surface area is 253 Å². The third-order valence-electron chi connectivity index (χ3n) is 8.53. The van der Waals surface area contributed by atoms with Crippen molar-refractivity contribution in [3.05, 3.63) is 158 Å². The summed E-state index contributed by atoms with van der Waals surface area (Å²) in [6.45, 7) is 0. The highest BCUT2D eigenvalue weighted by Gasteiger charge is 2.20. The molecule has 0 radical (unpaired) electrons. The SMILES string of the molecule is c1ccc(N(c2ccc3c(c2)c2ccccc2n3-c2ccccc2)c2cccc3c2sc2cc4ccccc4cc23)cc1. The Morgan fingerprint density at radius 1 is 0.442 bits per heavy atom. The molecular formula is C40H26N2S. The molecule has 2 aromatic heterocycles. The highest BCUT2D eigenvalue weighted by molar-refractivity contribution is 7.26. The number of benzene rings is 7. The molecule has 9 aromatic rings. The molecule has 43 heavy (non-hydrogen) atoms. The van der Waals surface area contributed by atoms with Gasteiger partial charge in [0.05, 0.1) is 21.4 Å². The second-order valence-electron chi connectivity index (χ2n) is 11.0. The zero-order chi connectivity index (χ0) is 28.3. The molecule has 9 rings (SSSR count). The number of para-hydroxylation sites is 3. The molecule has 0 aliphatic heterocycles. The van der Waals surface area contributed by atoms with Crippen LogP contribution in [0.3, 0.4) is 0 Å². The van der Waals surface area contributed by atoms with Gasteiger partial charge in [0, 0.05) is 43.3 Å². The molecule has 0 fully saturated rings. The van der Waals surface area contributed by atoms with Crippen LogP contribution in [0.2, 0.25) is 0 Å². The predicted octanol–water partition coefficient (Wildman–Crippen LogP) is 11.8. The van der Waals surface area contributed by atoms with E-state index in [1.54, 1.807) is 0 Å². The van der Waals surface area contributed by atoms with Crippen LogP contribution in [-0.4, -0.2) is 4.57 Å². The first-order valence-corrected chi connectivity index (χ1v) is 15.4. The third kappa shape index (κ3) is 3.79. The molecule has 0 unspecified atom stereocenters. The molecule has 0 spiro atoms. The van der Waals surface area contributed by atoms with Gasteiger partial charge in [0.2, 0.25) is 0 Å². The van der Waals surface area contributed by atoms with Crippen LogP contribution in [0.5, 0.6) is 0 Å². The first-order chi connectivity index (χ1) is 21.3. The Balaban J connectivity index is 1.32. The van der Waals surface area contributed by atoms with E-state index in [9.17, 15) is 0 Å².